The molecule has 9 heteroatoms. The molecule has 0 bridgehead atoms. The number of anilines is 1. The van der Waals surface area contributed by atoms with E-state index < -0.39 is 0 Å². The van der Waals surface area contributed by atoms with Crippen molar-refractivity contribution in [1.29, 1.82) is 0 Å². The highest BCUT2D eigenvalue weighted by molar-refractivity contribution is 6.09. The van der Waals surface area contributed by atoms with Crippen molar-refractivity contribution in [2.45, 2.75) is 6.92 Å². The van der Waals surface area contributed by atoms with Crippen molar-refractivity contribution in [2.75, 3.05) is 12.1 Å². The molecule has 0 aliphatic carbocycles. The fraction of sp³-hybridized carbons (Fsp3) is 0.118. The molecular weight excluding hydrogens is 338 g/mol. The van der Waals surface area contributed by atoms with Crippen LogP contribution in [0.4, 0.5) is 5.69 Å². The number of hydrogen-bond donors (Lipinski definition) is 1. The van der Waals surface area contributed by atoms with Gasteiger partial charge in [-0.1, -0.05) is 0 Å². The van der Waals surface area contributed by atoms with Gasteiger partial charge < -0.3 is 14.8 Å². The molecule has 130 valence electrons. The van der Waals surface area contributed by atoms with Crippen LogP contribution >= 0.6 is 0 Å². The predicted molar refractivity (Wildman–Crippen MR) is 89.7 cm³/mol. The Hall–Kier alpha value is -3.75. The summed E-state index contributed by atoms with van der Waals surface area (Å²) >= 11 is 0. The average Bonchev–Trinajstić information content (AvgIpc) is 3.32. The molecule has 3 aromatic rings. The Morgan fingerprint density at radius 1 is 1.12 bits per heavy atom. The minimum atomic E-state index is -0.352. The van der Waals surface area contributed by atoms with Crippen molar-refractivity contribution in [2.24, 2.45) is 0 Å². The first kappa shape index (κ1) is 15.8. The van der Waals surface area contributed by atoms with E-state index in [4.69, 9.17) is 9.47 Å². The Bertz CT molecular complexity index is 983. The molecule has 0 unspecified atom stereocenters. The van der Waals surface area contributed by atoms with Gasteiger partial charge in [0, 0.05) is 17.2 Å². The molecule has 9 nitrogen and oxygen atoms in total. The highest BCUT2D eigenvalue weighted by Gasteiger charge is 2.20. The number of aromatic nitrogens is 4. The van der Waals surface area contributed by atoms with Crippen molar-refractivity contribution in [3.63, 3.8) is 0 Å². The third kappa shape index (κ3) is 2.86. The quantitative estimate of drug-likeness (QED) is 0.715. The van der Waals surface area contributed by atoms with Crippen LogP contribution in [0.5, 0.6) is 11.5 Å². The number of amides is 1. The van der Waals surface area contributed by atoms with E-state index in [1.807, 2.05) is 0 Å². The zero-order valence-corrected chi connectivity index (χ0v) is 13.7. The van der Waals surface area contributed by atoms with E-state index in [0.29, 0.717) is 28.3 Å². The van der Waals surface area contributed by atoms with Crippen LogP contribution in [0.25, 0.3) is 5.69 Å². The summed E-state index contributed by atoms with van der Waals surface area (Å²) in [4.78, 5) is 24.4. The van der Waals surface area contributed by atoms with Gasteiger partial charge in [-0.2, -0.15) is 0 Å². The number of tetrazole rings is 1. The number of fused-ring (bicyclic) bond motifs is 1. The van der Waals surface area contributed by atoms with E-state index in [9.17, 15) is 9.59 Å². The van der Waals surface area contributed by atoms with Gasteiger partial charge in [0.2, 0.25) is 6.79 Å². The Morgan fingerprint density at radius 3 is 2.50 bits per heavy atom. The molecule has 1 N–H and O–H groups in total. The molecule has 1 aliphatic heterocycles. The first-order valence-corrected chi connectivity index (χ1v) is 7.71. The molecule has 0 saturated carbocycles. The zero-order valence-electron chi connectivity index (χ0n) is 13.7. The van der Waals surface area contributed by atoms with E-state index in [2.05, 4.69) is 20.8 Å². The smallest absolute Gasteiger partial charge is 0.255 e. The van der Waals surface area contributed by atoms with Crippen LogP contribution < -0.4 is 14.8 Å². The number of nitrogens with zero attached hydrogens (tertiary/aromatic N) is 4. The lowest BCUT2D eigenvalue weighted by molar-refractivity contribution is 0.101. The maximum absolute atomic E-state index is 12.5. The van der Waals surface area contributed by atoms with Gasteiger partial charge in [-0.25, -0.2) is 4.68 Å². The number of ether oxygens (including phenoxy) is 2. The summed E-state index contributed by atoms with van der Waals surface area (Å²) in [6, 6.07) is 9.89. The molecule has 0 fully saturated rings. The van der Waals surface area contributed by atoms with Crippen LogP contribution in [-0.2, 0) is 0 Å². The third-order valence-corrected chi connectivity index (χ3v) is 3.88. The van der Waals surface area contributed by atoms with Gasteiger partial charge >= 0.3 is 0 Å². The minimum Gasteiger partial charge on any atom is -0.454 e. The van der Waals surface area contributed by atoms with Crippen LogP contribution in [0.3, 0.4) is 0 Å². The number of carbonyl (C=O) groups excluding carboxylic acids is 2. The molecule has 2 aromatic carbocycles. The number of rotatable bonds is 4. The molecular formula is C17H13N5O4. The highest BCUT2D eigenvalue weighted by Crippen LogP contribution is 2.37. The van der Waals surface area contributed by atoms with Gasteiger partial charge in [0.25, 0.3) is 5.91 Å². The number of hydrogen-bond acceptors (Lipinski definition) is 7. The number of ketones is 1. The van der Waals surface area contributed by atoms with Crippen LogP contribution in [0, 0.1) is 0 Å². The fourth-order valence-corrected chi connectivity index (χ4v) is 2.58. The van der Waals surface area contributed by atoms with Crippen LogP contribution in [-0.4, -0.2) is 38.7 Å². The summed E-state index contributed by atoms with van der Waals surface area (Å²) in [6.45, 7) is 1.51. The van der Waals surface area contributed by atoms with Crippen molar-refractivity contribution >= 4 is 17.4 Å². The van der Waals surface area contributed by atoms with Crippen molar-refractivity contribution < 1.29 is 19.1 Å². The van der Waals surface area contributed by atoms with E-state index in [-0.39, 0.29) is 18.5 Å². The lowest BCUT2D eigenvalue weighted by Crippen LogP contribution is -2.14. The number of benzene rings is 2. The molecule has 0 radical (unpaired) electrons. The molecule has 1 aliphatic rings. The predicted octanol–water partition coefficient (Wildman–Crippen LogP) is 1.85. The highest BCUT2D eigenvalue weighted by atomic mass is 16.7. The number of nitrogens with one attached hydrogen (secondary N) is 1. The molecule has 0 atom stereocenters. The van der Waals surface area contributed by atoms with E-state index in [1.54, 1.807) is 36.4 Å². The number of Topliss-reactive ketones (excluding diaryl/α,β-unsaturated/α-hetero) is 1. The summed E-state index contributed by atoms with van der Waals surface area (Å²) in [5, 5.41) is 13.7. The van der Waals surface area contributed by atoms with Gasteiger partial charge in [-0.15, -0.1) is 5.10 Å². The molecule has 0 saturated heterocycles. The summed E-state index contributed by atoms with van der Waals surface area (Å²) in [6.07, 6.45) is 1.46. The van der Waals surface area contributed by atoms with Gasteiger partial charge in [0.1, 0.15) is 6.33 Å². The first-order valence-electron chi connectivity index (χ1n) is 7.71. The monoisotopic (exact) mass is 351 g/mol. The average molecular weight is 351 g/mol. The lowest BCUT2D eigenvalue weighted by atomic mass is 10.1. The molecule has 1 aromatic heterocycles. The topological polar surface area (TPSA) is 108 Å². The first-order chi connectivity index (χ1) is 12.6. The Kier molecular flexibility index (Phi) is 3.81. The standard InChI is InChI=1S/C17H13N5O4/c1-10(23)13-6-15-16(26-9-25-15)7-14(13)19-17(24)11-2-4-12(5-3-11)22-8-18-20-21-22/h2-8H,9H2,1H3,(H,19,24). The maximum atomic E-state index is 12.5. The molecule has 1 amide bonds. The van der Waals surface area contributed by atoms with Gasteiger partial charge in [-0.05, 0) is 47.7 Å². The van der Waals surface area contributed by atoms with Gasteiger partial charge in [0.05, 0.1) is 11.4 Å². The van der Waals surface area contributed by atoms with Crippen LogP contribution in [0.1, 0.15) is 27.6 Å². The summed E-state index contributed by atoms with van der Waals surface area (Å²) in [5.74, 6) is 0.431. The fourth-order valence-electron chi connectivity index (χ4n) is 2.58. The minimum absolute atomic E-state index is 0.0860. The van der Waals surface area contributed by atoms with Crippen molar-refractivity contribution in [3.05, 3.63) is 53.9 Å². The summed E-state index contributed by atoms with van der Waals surface area (Å²) in [7, 11) is 0. The molecule has 2 heterocycles. The molecule has 0 spiro atoms. The van der Waals surface area contributed by atoms with E-state index >= 15 is 0 Å². The van der Waals surface area contributed by atoms with Gasteiger partial charge in [-0.3, -0.25) is 9.59 Å². The van der Waals surface area contributed by atoms with Gasteiger partial charge in [0.15, 0.2) is 17.3 Å². The Morgan fingerprint density at radius 2 is 1.85 bits per heavy atom. The van der Waals surface area contributed by atoms with Crippen LogP contribution in [0.15, 0.2) is 42.7 Å². The zero-order chi connectivity index (χ0) is 18.1. The largest absolute Gasteiger partial charge is 0.454 e. The normalized spacial score (nSPS) is 12.0. The Balaban J connectivity index is 1.59. The lowest BCUT2D eigenvalue weighted by Gasteiger charge is -2.11. The van der Waals surface area contributed by atoms with Crippen molar-refractivity contribution in [3.8, 4) is 17.2 Å². The summed E-state index contributed by atoms with van der Waals surface area (Å²) in [5.41, 5.74) is 1.87. The van der Waals surface area contributed by atoms with E-state index in [1.165, 1.54) is 17.9 Å². The van der Waals surface area contributed by atoms with Crippen LogP contribution in [0.2, 0.25) is 0 Å². The molecule has 26 heavy (non-hydrogen) atoms. The van der Waals surface area contributed by atoms with Crippen molar-refractivity contribution in [1.82, 2.24) is 20.2 Å². The number of carbonyl (C=O) groups is 2. The summed E-state index contributed by atoms with van der Waals surface area (Å²) < 4.78 is 12.1. The second-order valence-electron chi connectivity index (χ2n) is 5.56. The maximum Gasteiger partial charge on any atom is 0.255 e. The molecule has 4 rings (SSSR count). The second kappa shape index (κ2) is 6.28. The second-order valence-corrected chi connectivity index (χ2v) is 5.56. The Labute approximate surface area is 147 Å². The third-order valence-electron chi connectivity index (χ3n) is 3.88. The SMILES string of the molecule is CC(=O)c1cc2c(cc1NC(=O)c1ccc(-n3cnnn3)cc1)OCO2. The van der Waals surface area contributed by atoms with E-state index in [0.717, 1.165) is 5.69 Å².